The van der Waals surface area contributed by atoms with Gasteiger partial charge in [-0.05, 0) is 36.6 Å². The van der Waals surface area contributed by atoms with Gasteiger partial charge in [-0.1, -0.05) is 20.8 Å². The van der Waals surface area contributed by atoms with E-state index in [1.54, 1.807) is 17.8 Å². The van der Waals surface area contributed by atoms with Gasteiger partial charge in [0.15, 0.2) is 0 Å². The van der Waals surface area contributed by atoms with Crippen molar-refractivity contribution in [2.24, 2.45) is 11.7 Å². The average molecular weight is 241 g/mol. The molecule has 90 valence electrons. The highest BCUT2D eigenvalue weighted by Crippen LogP contribution is 2.33. The molecule has 1 aromatic rings. The molecule has 1 aromatic carbocycles. The third kappa shape index (κ3) is 3.49. The molecule has 2 N–H and O–H groups in total. The van der Waals surface area contributed by atoms with E-state index in [2.05, 4.69) is 20.8 Å². The molecule has 3 heteroatoms. The summed E-state index contributed by atoms with van der Waals surface area (Å²) in [6.07, 6.45) is 0. The molecule has 0 fully saturated rings. The Morgan fingerprint density at radius 2 is 1.81 bits per heavy atom. The van der Waals surface area contributed by atoms with Crippen molar-refractivity contribution in [2.75, 3.05) is 0 Å². The lowest BCUT2D eigenvalue weighted by Gasteiger charge is -2.18. The van der Waals surface area contributed by atoms with Crippen LogP contribution in [0.3, 0.4) is 0 Å². The maximum Gasteiger partial charge on any atom is 0.123 e. The zero-order chi connectivity index (χ0) is 12.3. The van der Waals surface area contributed by atoms with Crippen molar-refractivity contribution in [3.05, 3.63) is 29.6 Å². The summed E-state index contributed by atoms with van der Waals surface area (Å²) in [6, 6.07) is 4.75. The van der Waals surface area contributed by atoms with Gasteiger partial charge in [0, 0.05) is 16.2 Å². The minimum absolute atomic E-state index is 0.127. The molecule has 0 aromatic heterocycles. The van der Waals surface area contributed by atoms with E-state index in [0.29, 0.717) is 11.2 Å². The molecular formula is C13H20FNS. The standard InChI is InChI=1S/C13H20FNS/c1-8(2)10(4)16-13-6-5-11(14)7-12(13)9(3)15/h5-10H,15H2,1-4H3. The molecule has 0 amide bonds. The van der Waals surface area contributed by atoms with Crippen molar-refractivity contribution in [3.63, 3.8) is 0 Å². The molecule has 0 aliphatic carbocycles. The van der Waals surface area contributed by atoms with Crippen molar-refractivity contribution >= 4 is 11.8 Å². The Balaban J connectivity index is 2.95. The summed E-state index contributed by atoms with van der Waals surface area (Å²) in [7, 11) is 0. The van der Waals surface area contributed by atoms with Gasteiger partial charge < -0.3 is 5.73 Å². The summed E-state index contributed by atoms with van der Waals surface area (Å²) in [6.45, 7) is 8.45. The third-order valence-corrected chi connectivity index (χ3v) is 4.26. The fraction of sp³-hybridized carbons (Fsp3) is 0.538. The molecule has 0 heterocycles. The van der Waals surface area contributed by atoms with Crippen LogP contribution in [0.15, 0.2) is 23.1 Å². The molecule has 0 saturated carbocycles. The van der Waals surface area contributed by atoms with Crippen LogP contribution in [0.4, 0.5) is 4.39 Å². The van der Waals surface area contributed by atoms with Crippen molar-refractivity contribution in [1.29, 1.82) is 0 Å². The second-order valence-electron chi connectivity index (χ2n) is 4.54. The van der Waals surface area contributed by atoms with E-state index in [9.17, 15) is 4.39 Å². The molecule has 0 aliphatic heterocycles. The summed E-state index contributed by atoms with van der Waals surface area (Å²) < 4.78 is 13.1. The number of benzene rings is 1. The number of hydrogen-bond acceptors (Lipinski definition) is 2. The van der Waals surface area contributed by atoms with Crippen molar-refractivity contribution in [2.45, 2.75) is 43.9 Å². The number of halogens is 1. The highest BCUT2D eigenvalue weighted by atomic mass is 32.2. The first kappa shape index (κ1) is 13.5. The minimum Gasteiger partial charge on any atom is -0.324 e. The van der Waals surface area contributed by atoms with Crippen LogP contribution in [0.1, 0.15) is 39.3 Å². The van der Waals surface area contributed by atoms with Crippen LogP contribution in [-0.4, -0.2) is 5.25 Å². The fourth-order valence-electron chi connectivity index (χ4n) is 1.32. The number of hydrogen-bond donors (Lipinski definition) is 1. The zero-order valence-electron chi connectivity index (χ0n) is 10.3. The monoisotopic (exact) mass is 241 g/mol. The van der Waals surface area contributed by atoms with Crippen molar-refractivity contribution in [1.82, 2.24) is 0 Å². The molecule has 16 heavy (non-hydrogen) atoms. The van der Waals surface area contributed by atoms with E-state index < -0.39 is 0 Å². The topological polar surface area (TPSA) is 26.0 Å². The van der Waals surface area contributed by atoms with Crippen LogP contribution in [0.2, 0.25) is 0 Å². The summed E-state index contributed by atoms with van der Waals surface area (Å²) in [5.74, 6) is 0.379. The van der Waals surface area contributed by atoms with Crippen molar-refractivity contribution < 1.29 is 4.39 Å². The maximum atomic E-state index is 13.1. The third-order valence-electron chi connectivity index (χ3n) is 2.71. The molecule has 0 spiro atoms. The predicted molar refractivity (Wildman–Crippen MR) is 69.2 cm³/mol. The van der Waals surface area contributed by atoms with Crippen LogP contribution in [0.5, 0.6) is 0 Å². The minimum atomic E-state index is -0.214. The van der Waals surface area contributed by atoms with Crippen LogP contribution in [0, 0.1) is 11.7 Å². The van der Waals surface area contributed by atoms with E-state index in [-0.39, 0.29) is 11.9 Å². The van der Waals surface area contributed by atoms with Crippen LogP contribution in [-0.2, 0) is 0 Å². The summed E-state index contributed by atoms with van der Waals surface area (Å²) in [5, 5.41) is 0.503. The number of thioether (sulfide) groups is 1. The number of nitrogens with two attached hydrogens (primary N) is 1. The maximum absolute atomic E-state index is 13.1. The second-order valence-corrected chi connectivity index (χ2v) is 5.96. The van der Waals surface area contributed by atoms with Gasteiger partial charge in [-0.25, -0.2) is 4.39 Å². The molecule has 2 unspecified atom stereocenters. The molecule has 2 atom stereocenters. The lowest BCUT2D eigenvalue weighted by Crippen LogP contribution is -2.10. The molecule has 0 bridgehead atoms. The quantitative estimate of drug-likeness (QED) is 0.807. The van der Waals surface area contributed by atoms with E-state index in [4.69, 9.17) is 5.73 Å². The van der Waals surface area contributed by atoms with Gasteiger partial charge in [-0.15, -0.1) is 11.8 Å². The molecule has 1 rings (SSSR count). The Morgan fingerprint density at radius 3 is 2.31 bits per heavy atom. The van der Waals surface area contributed by atoms with E-state index in [0.717, 1.165) is 10.5 Å². The normalized spacial score (nSPS) is 15.2. The largest absolute Gasteiger partial charge is 0.324 e. The first-order valence-electron chi connectivity index (χ1n) is 5.63. The predicted octanol–water partition coefficient (Wildman–Crippen LogP) is 3.98. The molecule has 0 radical (unpaired) electrons. The zero-order valence-corrected chi connectivity index (χ0v) is 11.1. The Labute approximate surface area is 102 Å². The number of rotatable bonds is 4. The Hall–Kier alpha value is -0.540. The molecule has 1 nitrogen and oxygen atoms in total. The molecule has 0 aliphatic rings. The van der Waals surface area contributed by atoms with E-state index in [1.807, 2.05) is 13.0 Å². The molecular weight excluding hydrogens is 221 g/mol. The first-order valence-corrected chi connectivity index (χ1v) is 6.51. The lowest BCUT2D eigenvalue weighted by molar-refractivity contribution is 0.618. The highest BCUT2D eigenvalue weighted by molar-refractivity contribution is 8.00. The SMILES string of the molecule is CC(N)c1cc(F)ccc1SC(C)C(C)C. The Morgan fingerprint density at radius 1 is 1.19 bits per heavy atom. The second kappa shape index (κ2) is 5.69. The summed E-state index contributed by atoms with van der Waals surface area (Å²) in [5.41, 5.74) is 6.76. The van der Waals surface area contributed by atoms with Gasteiger partial charge in [0.05, 0.1) is 0 Å². The Kier molecular flexibility index (Phi) is 4.81. The van der Waals surface area contributed by atoms with Crippen LogP contribution < -0.4 is 5.73 Å². The van der Waals surface area contributed by atoms with E-state index in [1.165, 1.54) is 6.07 Å². The Bertz CT molecular complexity index is 350. The van der Waals surface area contributed by atoms with Gasteiger partial charge in [0.1, 0.15) is 5.82 Å². The van der Waals surface area contributed by atoms with Crippen molar-refractivity contribution in [3.8, 4) is 0 Å². The lowest BCUT2D eigenvalue weighted by atomic mass is 10.1. The van der Waals surface area contributed by atoms with Gasteiger partial charge >= 0.3 is 0 Å². The smallest absolute Gasteiger partial charge is 0.123 e. The molecule has 0 saturated heterocycles. The van der Waals surface area contributed by atoms with Gasteiger partial charge in [-0.3, -0.25) is 0 Å². The van der Waals surface area contributed by atoms with Crippen LogP contribution in [0.25, 0.3) is 0 Å². The van der Waals surface area contributed by atoms with Gasteiger partial charge in [0.25, 0.3) is 0 Å². The van der Waals surface area contributed by atoms with Crippen LogP contribution >= 0.6 is 11.8 Å². The van der Waals surface area contributed by atoms with E-state index >= 15 is 0 Å². The summed E-state index contributed by atoms with van der Waals surface area (Å²) >= 11 is 1.77. The summed E-state index contributed by atoms with van der Waals surface area (Å²) in [4.78, 5) is 1.10. The van der Waals surface area contributed by atoms with Gasteiger partial charge in [0.2, 0.25) is 0 Å². The first-order chi connectivity index (χ1) is 7.41. The van der Waals surface area contributed by atoms with Gasteiger partial charge in [-0.2, -0.15) is 0 Å². The fourth-order valence-corrected chi connectivity index (χ4v) is 2.52. The highest BCUT2D eigenvalue weighted by Gasteiger charge is 2.14. The average Bonchev–Trinajstić information content (AvgIpc) is 2.20.